The zero-order valence-corrected chi connectivity index (χ0v) is 18.2. The number of para-hydroxylation sites is 1. The predicted octanol–water partition coefficient (Wildman–Crippen LogP) is 4.35. The van der Waals surface area contributed by atoms with Crippen LogP contribution in [0.2, 0.25) is 0 Å². The number of hydrogen-bond acceptors (Lipinski definition) is 5. The molecule has 162 valence electrons. The number of Topliss-reactive ketones (excluding diaryl/α,β-unsaturated/α-hetero) is 2. The number of carbonyl (C=O) groups excluding carboxylic acids is 3. The average Bonchev–Trinajstić information content (AvgIpc) is 3.07. The minimum absolute atomic E-state index is 0.0418. The van der Waals surface area contributed by atoms with E-state index in [4.69, 9.17) is 9.47 Å². The molecule has 1 aromatic carbocycles. The molecule has 31 heavy (non-hydrogen) atoms. The SMILES string of the molecule is CCOC(=O)CC1=C(C2=CCCCC2)C(=O)[C@@H](CC(=O)C#Cc2ccccc2OC)C1. The number of carbonyl (C=O) groups is 3. The Kier molecular flexibility index (Phi) is 7.83. The van der Waals surface area contributed by atoms with Gasteiger partial charge < -0.3 is 9.47 Å². The van der Waals surface area contributed by atoms with Crippen LogP contribution in [0.25, 0.3) is 0 Å². The molecule has 0 heterocycles. The maximum absolute atomic E-state index is 13.2. The van der Waals surface area contributed by atoms with Crippen molar-refractivity contribution in [2.24, 2.45) is 5.92 Å². The van der Waals surface area contributed by atoms with E-state index in [1.807, 2.05) is 12.1 Å². The summed E-state index contributed by atoms with van der Waals surface area (Å²) in [5.41, 5.74) is 3.10. The molecule has 5 heteroatoms. The Hall–Kier alpha value is -3.13. The van der Waals surface area contributed by atoms with E-state index >= 15 is 0 Å². The summed E-state index contributed by atoms with van der Waals surface area (Å²) in [5.74, 6) is 4.96. The van der Waals surface area contributed by atoms with E-state index < -0.39 is 5.92 Å². The monoisotopic (exact) mass is 420 g/mol. The maximum Gasteiger partial charge on any atom is 0.309 e. The Morgan fingerprint density at radius 1 is 1.19 bits per heavy atom. The molecular formula is C26H28O5. The minimum Gasteiger partial charge on any atom is -0.495 e. The zero-order chi connectivity index (χ0) is 22.2. The third-order valence-corrected chi connectivity index (χ3v) is 5.61. The van der Waals surface area contributed by atoms with Crippen molar-refractivity contribution in [3.63, 3.8) is 0 Å². The molecule has 0 fully saturated rings. The first kappa shape index (κ1) is 22.6. The van der Waals surface area contributed by atoms with Gasteiger partial charge in [-0.2, -0.15) is 0 Å². The summed E-state index contributed by atoms with van der Waals surface area (Å²) in [6.07, 6.45) is 6.57. The Balaban J connectivity index is 1.75. The van der Waals surface area contributed by atoms with Crippen molar-refractivity contribution in [1.82, 2.24) is 0 Å². The second kappa shape index (κ2) is 10.8. The van der Waals surface area contributed by atoms with E-state index in [-0.39, 0.29) is 30.4 Å². The van der Waals surface area contributed by atoms with E-state index in [1.165, 1.54) is 0 Å². The molecule has 0 saturated carbocycles. The zero-order valence-electron chi connectivity index (χ0n) is 18.2. The molecule has 1 atom stereocenters. The summed E-state index contributed by atoms with van der Waals surface area (Å²) in [5, 5.41) is 0. The molecule has 0 amide bonds. The van der Waals surface area contributed by atoms with Crippen LogP contribution >= 0.6 is 0 Å². The van der Waals surface area contributed by atoms with E-state index in [9.17, 15) is 14.4 Å². The van der Waals surface area contributed by atoms with Gasteiger partial charge in [-0.05, 0) is 68.2 Å². The second-order valence-corrected chi connectivity index (χ2v) is 7.78. The van der Waals surface area contributed by atoms with Gasteiger partial charge in [0, 0.05) is 17.9 Å². The highest BCUT2D eigenvalue weighted by molar-refractivity contribution is 6.08. The lowest BCUT2D eigenvalue weighted by molar-refractivity contribution is -0.142. The Bertz CT molecular complexity index is 987. The van der Waals surface area contributed by atoms with Gasteiger partial charge in [-0.25, -0.2) is 0 Å². The van der Waals surface area contributed by atoms with E-state index in [0.717, 1.165) is 36.8 Å². The summed E-state index contributed by atoms with van der Waals surface area (Å²) in [7, 11) is 1.55. The van der Waals surface area contributed by atoms with Gasteiger partial charge in [0.2, 0.25) is 5.78 Å². The highest BCUT2D eigenvalue weighted by atomic mass is 16.5. The standard InChI is InChI=1S/C26H28O5/c1-3-31-24(28)17-20-15-21(26(29)25(20)19-10-5-4-6-11-19)16-22(27)14-13-18-9-7-8-12-23(18)30-2/h7-10,12,21H,3-6,11,15-17H2,1-2H3/t21-/m1/s1. The average molecular weight is 421 g/mol. The van der Waals surface area contributed by atoms with Crippen LogP contribution in [0.5, 0.6) is 5.75 Å². The minimum atomic E-state index is -0.471. The van der Waals surface area contributed by atoms with E-state index in [0.29, 0.717) is 29.9 Å². The number of ketones is 2. The lowest BCUT2D eigenvalue weighted by Gasteiger charge is -2.15. The quantitative estimate of drug-likeness (QED) is 0.485. The van der Waals surface area contributed by atoms with Crippen LogP contribution in [0.1, 0.15) is 57.4 Å². The van der Waals surface area contributed by atoms with Crippen LogP contribution < -0.4 is 4.74 Å². The lowest BCUT2D eigenvalue weighted by atomic mass is 9.89. The van der Waals surface area contributed by atoms with Crippen LogP contribution in [-0.4, -0.2) is 31.3 Å². The van der Waals surface area contributed by atoms with E-state index in [2.05, 4.69) is 17.9 Å². The normalized spacial score (nSPS) is 18.2. The molecule has 0 spiro atoms. The fourth-order valence-corrected chi connectivity index (χ4v) is 4.19. The highest BCUT2D eigenvalue weighted by Crippen LogP contribution is 2.39. The number of esters is 1. The maximum atomic E-state index is 13.2. The first-order valence-electron chi connectivity index (χ1n) is 10.8. The molecule has 3 rings (SSSR count). The molecule has 0 bridgehead atoms. The van der Waals surface area contributed by atoms with Gasteiger partial charge in [-0.1, -0.05) is 24.1 Å². The van der Waals surface area contributed by atoms with Crippen molar-refractivity contribution in [2.45, 2.75) is 51.9 Å². The van der Waals surface area contributed by atoms with Crippen molar-refractivity contribution >= 4 is 17.5 Å². The molecule has 0 aromatic heterocycles. The summed E-state index contributed by atoms with van der Waals surface area (Å²) in [6, 6.07) is 7.23. The smallest absolute Gasteiger partial charge is 0.309 e. The molecule has 0 radical (unpaired) electrons. The van der Waals surface area contributed by atoms with Crippen molar-refractivity contribution in [2.75, 3.05) is 13.7 Å². The van der Waals surface area contributed by atoms with Crippen LogP contribution in [0.3, 0.4) is 0 Å². The second-order valence-electron chi connectivity index (χ2n) is 7.78. The molecule has 0 unspecified atom stereocenters. The Morgan fingerprint density at radius 3 is 2.71 bits per heavy atom. The van der Waals surface area contributed by atoms with E-state index in [1.54, 1.807) is 26.2 Å². The summed E-state index contributed by atoms with van der Waals surface area (Å²) in [4.78, 5) is 37.8. The third kappa shape index (κ3) is 5.73. The number of allylic oxidation sites excluding steroid dienone is 3. The molecule has 0 N–H and O–H groups in total. The predicted molar refractivity (Wildman–Crippen MR) is 117 cm³/mol. The van der Waals surface area contributed by atoms with Gasteiger partial charge in [-0.15, -0.1) is 0 Å². The van der Waals surface area contributed by atoms with Gasteiger partial charge in [-0.3, -0.25) is 14.4 Å². The van der Waals surface area contributed by atoms with Gasteiger partial charge in [0.05, 0.1) is 25.7 Å². The molecular weight excluding hydrogens is 392 g/mol. The summed E-state index contributed by atoms with van der Waals surface area (Å²) >= 11 is 0. The molecule has 5 nitrogen and oxygen atoms in total. The third-order valence-electron chi connectivity index (χ3n) is 5.61. The first-order valence-corrected chi connectivity index (χ1v) is 10.8. The van der Waals surface area contributed by atoms with Gasteiger partial charge >= 0.3 is 5.97 Å². The van der Waals surface area contributed by atoms with Crippen molar-refractivity contribution in [3.05, 3.63) is 52.6 Å². The topological polar surface area (TPSA) is 69.7 Å². The molecule has 1 aromatic rings. The number of hydrogen-bond donors (Lipinski definition) is 0. The number of rotatable bonds is 7. The lowest BCUT2D eigenvalue weighted by Crippen LogP contribution is -2.15. The molecule has 2 aliphatic carbocycles. The summed E-state index contributed by atoms with van der Waals surface area (Å²) < 4.78 is 10.4. The molecule has 2 aliphatic rings. The summed E-state index contributed by atoms with van der Waals surface area (Å²) in [6.45, 7) is 2.07. The first-order chi connectivity index (χ1) is 15.0. The molecule has 0 saturated heterocycles. The van der Waals surface area contributed by atoms with Crippen LogP contribution in [0.4, 0.5) is 0 Å². The van der Waals surface area contributed by atoms with Crippen molar-refractivity contribution in [3.8, 4) is 17.6 Å². The highest BCUT2D eigenvalue weighted by Gasteiger charge is 2.36. The van der Waals surface area contributed by atoms with Crippen LogP contribution in [0.15, 0.2) is 47.1 Å². The van der Waals surface area contributed by atoms with Gasteiger partial charge in [0.25, 0.3) is 0 Å². The van der Waals surface area contributed by atoms with Crippen molar-refractivity contribution < 1.29 is 23.9 Å². The van der Waals surface area contributed by atoms with Gasteiger partial charge in [0.15, 0.2) is 5.78 Å². The van der Waals surface area contributed by atoms with Crippen molar-refractivity contribution in [1.29, 1.82) is 0 Å². The number of ether oxygens (including phenoxy) is 2. The van der Waals surface area contributed by atoms with Crippen LogP contribution in [-0.2, 0) is 19.1 Å². The van der Waals surface area contributed by atoms with Gasteiger partial charge in [0.1, 0.15) is 5.75 Å². The number of benzene rings is 1. The fraction of sp³-hybridized carbons (Fsp3) is 0.423. The Labute approximate surface area is 183 Å². The fourth-order valence-electron chi connectivity index (χ4n) is 4.19. The Morgan fingerprint density at radius 2 is 2.00 bits per heavy atom. The largest absolute Gasteiger partial charge is 0.495 e. The molecule has 0 aliphatic heterocycles. The number of methoxy groups -OCH3 is 1. The van der Waals surface area contributed by atoms with Crippen LogP contribution in [0, 0.1) is 17.8 Å².